The van der Waals surface area contributed by atoms with Gasteiger partial charge in [-0.15, -0.1) is 0 Å². The highest BCUT2D eigenvalue weighted by molar-refractivity contribution is 6.46. The van der Waals surface area contributed by atoms with Crippen molar-refractivity contribution in [2.24, 2.45) is 0 Å². The Bertz CT molecular complexity index is 1200. The van der Waals surface area contributed by atoms with E-state index in [0.717, 1.165) is 6.42 Å². The fraction of sp³-hybridized carbons (Fsp3) is 0.296. The van der Waals surface area contributed by atoms with Crippen LogP contribution in [0.4, 0.5) is 0 Å². The summed E-state index contributed by atoms with van der Waals surface area (Å²) in [6.07, 6.45) is 7.00. The number of ketones is 1. The Morgan fingerprint density at radius 2 is 1.91 bits per heavy atom. The molecule has 1 aliphatic heterocycles. The molecule has 0 aliphatic carbocycles. The number of nitrogens with zero attached hydrogens (tertiary/aromatic N) is 2. The first kappa shape index (κ1) is 24.1. The maximum absolute atomic E-state index is 13.6. The highest BCUT2D eigenvalue weighted by Gasteiger charge is 2.44. The van der Waals surface area contributed by atoms with Crippen molar-refractivity contribution in [3.8, 4) is 11.5 Å². The number of para-hydroxylation sites is 1. The second-order valence-electron chi connectivity index (χ2n) is 8.29. The van der Waals surface area contributed by atoms with Crippen LogP contribution in [-0.2, 0) is 16.1 Å². The van der Waals surface area contributed by atoms with Crippen LogP contribution in [0.2, 0.25) is 0 Å². The molecule has 1 aliphatic rings. The van der Waals surface area contributed by atoms with Gasteiger partial charge in [-0.05, 0) is 30.2 Å². The number of aromatic nitrogens is 2. The maximum atomic E-state index is 13.6. The molecule has 1 fully saturated rings. The third-order valence-corrected chi connectivity index (χ3v) is 5.97. The largest absolute Gasteiger partial charge is 0.872 e. The number of methoxy groups -OCH3 is 1. The van der Waals surface area contributed by atoms with Crippen LogP contribution in [0.15, 0.2) is 72.8 Å². The summed E-state index contributed by atoms with van der Waals surface area (Å²) < 4.78 is 13.1. The number of benzene rings is 2. The average Bonchev–Trinajstić information content (AvgIpc) is 3.49. The Balaban J connectivity index is 1.72. The number of rotatable bonds is 10. The molecule has 182 valence electrons. The SMILES string of the molecule is CCCOc1ccc(/C([O-])=C2\C(=O)C(=O)N(CCC[n+]3cc[nH]c3)C2c2ccccc2OC)cc1. The van der Waals surface area contributed by atoms with Crippen molar-refractivity contribution in [3.05, 3.63) is 84.0 Å². The van der Waals surface area contributed by atoms with Gasteiger partial charge in [-0.1, -0.05) is 43.0 Å². The van der Waals surface area contributed by atoms with E-state index in [0.29, 0.717) is 48.7 Å². The second kappa shape index (κ2) is 10.9. The monoisotopic (exact) mass is 475 g/mol. The minimum absolute atomic E-state index is 0.0592. The Labute approximate surface area is 204 Å². The van der Waals surface area contributed by atoms with E-state index in [1.807, 2.05) is 36.3 Å². The van der Waals surface area contributed by atoms with E-state index in [2.05, 4.69) is 4.98 Å². The molecule has 3 aromatic rings. The van der Waals surface area contributed by atoms with E-state index in [1.54, 1.807) is 42.5 Å². The number of Topliss-reactive ketones (excluding diaryl/α,β-unsaturated/α-hetero) is 1. The summed E-state index contributed by atoms with van der Waals surface area (Å²) in [6.45, 7) is 3.55. The molecule has 1 unspecified atom stereocenters. The standard InChI is InChI=1S/C27H29N3O5/c1-3-17-35-20-11-9-19(10-12-20)25(31)23-24(21-7-4-5-8-22(21)34-2)30(27(33)26(23)32)15-6-14-29-16-13-28-18-29/h4-5,7-13,16,18,24H,3,6,14-15,17H2,1-2H3,(H,31,32). The Kier molecular flexibility index (Phi) is 7.50. The van der Waals surface area contributed by atoms with Crippen molar-refractivity contribution in [1.82, 2.24) is 9.88 Å². The maximum Gasteiger partial charge on any atom is 0.295 e. The number of hydrogen-bond acceptors (Lipinski definition) is 5. The zero-order valence-corrected chi connectivity index (χ0v) is 19.9. The Hall–Kier alpha value is -4.07. The lowest BCUT2D eigenvalue weighted by molar-refractivity contribution is -0.695. The first-order valence-corrected chi connectivity index (χ1v) is 11.7. The van der Waals surface area contributed by atoms with Gasteiger partial charge in [0, 0.05) is 24.1 Å². The molecular formula is C27H29N3O5. The summed E-state index contributed by atoms with van der Waals surface area (Å²) in [4.78, 5) is 30.8. The van der Waals surface area contributed by atoms with Gasteiger partial charge >= 0.3 is 0 Å². The number of nitrogens with one attached hydrogen (secondary N) is 1. The molecule has 2 aromatic carbocycles. The van der Waals surface area contributed by atoms with Crippen LogP contribution >= 0.6 is 0 Å². The lowest BCUT2D eigenvalue weighted by Crippen LogP contribution is -2.36. The molecule has 1 amide bonds. The van der Waals surface area contributed by atoms with Gasteiger partial charge in [-0.2, -0.15) is 0 Å². The molecule has 2 heterocycles. The molecule has 0 radical (unpaired) electrons. The molecule has 8 heteroatoms. The number of H-pyrrole nitrogens is 1. The summed E-state index contributed by atoms with van der Waals surface area (Å²) in [6, 6.07) is 13.0. The number of aryl methyl sites for hydroxylation is 1. The van der Waals surface area contributed by atoms with Crippen LogP contribution in [0, 0.1) is 0 Å². The van der Waals surface area contributed by atoms with Crippen LogP contribution < -0.4 is 19.1 Å². The molecule has 35 heavy (non-hydrogen) atoms. The highest BCUT2D eigenvalue weighted by atomic mass is 16.5. The van der Waals surface area contributed by atoms with Crippen molar-refractivity contribution in [2.75, 3.05) is 20.3 Å². The van der Waals surface area contributed by atoms with Gasteiger partial charge < -0.3 is 19.5 Å². The molecular weight excluding hydrogens is 446 g/mol. The van der Waals surface area contributed by atoms with Gasteiger partial charge in [-0.25, -0.2) is 4.57 Å². The average molecular weight is 476 g/mol. The van der Waals surface area contributed by atoms with Crippen LogP contribution in [-0.4, -0.2) is 41.8 Å². The molecule has 0 spiro atoms. The molecule has 8 nitrogen and oxygen atoms in total. The number of imidazole rings is 1. The van der Waals surface area contributed by atoms with Gasteiger partial charge in [0.05, 0.1) is 26.3 Å². The van der Waals surface area contributed by atoms with Crippen LogP contribution in [0.25, 0.3) is 5.76 Å². The Morgan fingerprint density at radius 3 is 2.60 bits per heavy atom. The van der Waals surface area contributed by atoms with Crippen molar-refractivity contribution < 1.29 is 28.7 Å². The summed E-state index contributed by atoms with van der Waals surface area (Å²) in [5.74, 6) is -0.757. The van der Waals surface area contributed by atoms with E-state index in [-0.39, 0.29) is 5.57 Å². The van der Waals surface area contributed by atoms with E-state index in [4.69, 9.17) is 9.47 Å². The summed E-state index contributed by atoms with van der Waals surface area (Å²) >= 11 is 0. The highest BCUT2D eigenvalue weighted by Crippen LogP contribution is 2.42. The second-order valence-corrected chi connectivity index (χ2v) is 8.29. The fourth-order valence-corrected chi connectivity index (χ4v) is 4.28. The summed E-state index contributed by atoms with van der Waals surface area (Å²) in [5.41, 5.74) is 0.875. The number of ether oxygens (including phenoxy) is 2. The Morgan fingerprint density at radius 1 is 1.14 bits per heavy atom. The molecule has 0 bridgehead atoms. The lowest BCUT2D eigenvalue weighted by Gasteiger charge is -2.28. The van der Waals surface area contributed by atoms with Gasteiger partial charge in [0.25, 0.3) is 5.91 Å². The summed E-state index contributed by atoms with van der Waals surface area (Å²) in [7, 11) is 1.53. The quantitative estimate of drug-likeness (QED) is 0.210. The van der Waals surface area contributed by atoms with E-state index in [9.17, 15) is 14.7 Å². The van der Waals surface area contributed by atoms with Gasteiger partial charge in [0.1, 0.15) is 23.9 Å². The topological polar surface area (TPSA) is 98.6 Å². The van der Waals surface area contributed by atoms with Gasteiger partial charge in [0.15, 0.2) is 0 Å². The minimum atomic E-state index is -0.828. The third-order valence-electron chi connectivity index (χ3n) is 5.97. The normalized spacial score (nSPS) is 17.1. The van der Waals surface area contributed by atoms with E-state index in [1.165, 1.54) is 12.0 Å². The molecule has 1 aromatic heterocycles. The van der Waals surface area contributed by atoms with Crippen LogP contribution in [0.1, 0.15) is 36.9 Å². The first-order valence-electron chi connectivity index (χ1n) is 11.7. The fourth-order valence-electron chi connectivity index (χ4n) is 4.28. The van der Waals surface area contributed by atoms with Crippen molar-refractivity contribution in [1.29, 1.82) is 0 Å². The number of aromatic amines is 1. The number of carbonyl (C=O) groups is 2. The smallest absolute Gasteiger partial charge is 0.295 e. The number of amides is 1. The first-order chi connectivity index (χ1) is 17.0. The molecule has 1 atom stereocenters. The third kappa shape index (κ3) is 5.06. The predicted molar refractivity (Wildman–Crippen MR) is 127 cm³/mol. The summed E-state index contributed by atoms with van der Waals surface area (Å²) in [5, 5.41) is 13.6. The van der Waals surface area contributed by atoms with Gasteiger partial charge in [0.2, 0.25) is 12.1 Å². The molecule has 0 saturated carbocycles. The zero-order chi connectivity index (χ0) is 24.8. The molecule has 1 N–H and O–H groups in total. The van der Waals surface area contributed by atoms with E-state index >= 15 is 0 Å². The van der Waals surface area contributed by atoms with E-state index < -0.39 is 23.5 Å². The van der Waals surface area contributed by atoms with Crippen LogP contribution in [0.5, 0.6) is 11.5 Å². The lowest BCUT2D eigenvalue weighted by atomic mass is 9.94. The van der Waals surface area contributed by atoms with Crippen molar-refractivity contribution >= 4 is 17.4 Å². The van der Waals surface area contributed by atoms with Crippen molar-refractivity contribution in [2.45, 2.75) is 32.4 Å². The minimum Gasteiger partial charge on any atom is -0.872 e. The number of likely N-dealkylation sites (tertiary alicyclic amines) is 1. The predicted octanol–water partition coefficient (Wildman–Crippen LogP) is 2.41. The number of hydrogen-bond donors (Lipinski definition) is 1. The molecule has 1 saturated heterocycles. The molecule has 4 rings (SSSR count). The van der Waals surface area contributed by atoms with Gasteiger partial charge in [-0.3, -0.25) is 14.6 Å². The van der Waals surface area contributed by atoms with Crippen molar-refractivity contribution in [3.63, 3.8) is 0 Å². The zero-order valence-electron chi connectivity index (χ0n) is 19.9. The number of carbonyl (C=O) groups excluding carboxylic acids is 2. The van der Waals surface area contributed by atoms with Crippen LogP contribution in [0.3, 0.4) is 0 Å².